The minimum atomic E-state index is -1.47. The van der Waals surface area contributed by atoms with E-state index in [1.807, 2.05) is 12.2 Å². The number of hydrogen-bond donors (Lipinski definition) is 0. The van der Waals surface area contributed by atoms with Crippen LogP contribution in [0.2, 0.25) is 0 Å². The van der Waals surface area contributed by atoms with E-state index >= 15 is 0 Å². The van der Waals surface area contributed by atoms with Crippen LogP contribution < -0.4 is 0 Å². The SMILES string of the molecule is O=C1C(Cl)(Cl)[C@H]2C=C[C@@H](C1(Cl)Cl)C21CC1. The summed E-state index contributed by atoms with van der Waals surface area (Å²) in [4.78, 5) is 12.0. The first-order valence-corrected chi connectivity index (χ1v) is 6.33. The van der Waals surface area contributed by atoms with Crippen LogP contribution in [0.25, 0.3) is 0 Å². The molecule has 1 nitrogen and oxygen atoms in total. The zero-order valence-electron chi connectivity index (χ0n) is 7.64. The highest BCUT2D eigenvalue weighted by Crippen LogP contribution is 2.73. The molecule has 2 fully saturated rings. The van der Waals surface area contributed by atoms with Crippen molar-refractivity contribution in [3.63, 3.8) is 0 Å². The number of carbonyl (C=O) groups is 1. The van der Waals surface area contributed by atoms with Crippen LogP contribution in [0.1, 0.15) is 12.8 Å². The molecule has 3 aliphatic carbocycles. The van der Waals surface area contributed by atoms with Crippen molar-refractivity contribution in [2.45, 2.75) is 21.5 Å². The van der Waals surface area contributed by atoms with Gasteiger partial charge in [0.1, 0.15) is 0 Å². The molecule has 0 aromatic heterocycles. The van der Waals surface area contributed by atoms with Gasteiger partial charge in [0, 0.05) is 11.8 Å². The summed E-state index contributed by atoms with van der Waals surface area (Å²) in [7, 11) is 0. The molecule has 0 heterocycles. The highest BCUT2D eigenvalue weighted by molar-refractivity contribution is 6.69. The Balaban J connectivity index is 2.18. The first kappa shape index (κ1) is 10.7. The molecule has 0 N–H and O–H groups in total. The predicted octanol–water partition coefficient (Wildman–Crippen LogP) is 3.50. The maximum Gasteiger partial charge on any atom is 0.205 e. The third-order valence-corrected chi connectivity index (χ3v) is 5.58. The standard InChI is InChI=1S/C10H8Cl4O/c11-9(12)5-1-2-6(8(5)3-4-8)10(13,14)7(9)15/h1-2,5-6H,3-4H2/t5-,6+. The Bertz CT molecular complexity index is 351. The molecule has 0 radical (unpaired) electrons. The number of carbonyl (C=O) groups excluding carboxylic acids is 1. The molecular formula is C10H8Cl4O. The normalized spacial score (nSPS) is 42.3. The molecular weight excluding hydrogens is 278 g/mol. The number of halogens is 4. The molecule has 82 valence electrons. The fourth-order valence-corrected chi connectivity index (χ4v) is 4.98. The topological polar surface area (TPSA) is 17.1 Å². The highest BCUT2D eigenvalue weighted by atomic mass is 35.5. The molecule has 0 aromatic rings. The third kappa shape index (κ3) is 1.06. The second kappa shape index (κ2) is 2.69. The lowest BCUT2D eigenvalue weighted by atomic mass is 9.72. The molecule has 2 bridgehead atoms. The average molecular weight is 286 g/mol. The second-order valence-electron chi connectivity index (χ2n) is 4.65. The van der Waals surface area contributed by atoms with Gasteiger partial charge in [-0.3, -0.25) is 4.79 Å². The average Bonchev–Trinajstić information content (AvgIpc) is 2.76. The van der Waals surface area contributed by atoms with Crippen LogP contribution in [0.5, 0.6) is 0 Å². The summed E-state index contributed by atoms with van der Waals surface area (Å²) in [6.07, 6.45) is 5.79. The minimum Gasteiger partial charge on any atom is -0.293 e. The van der Waals surface area contributed by atoms with Gasteiger partial charge in [0.05, 0.1) is 0 Å². The Morgan fingerprint density at radius 1 is 1.00 bits per heavy atom. The number of rotatable bonds is 0. The van der Waals surface area contributed by atoms with Crippen LogP contribution in [0.15, 0.2) is 12.2 Å². The quantitative estimate of drug-likeness (QED) is 0.492. The van der Waals surface area contributed by atoms with Gasteiger partial charge in [-0.1, -0.05) is 58.6 Å². The van der Waals surface area contributed by atoms with Crippen LogP contribution in [-0.2, 0) is 4.79 Å². The van der Waals surface area contributed by atoms with Gasteiger partial charge in [0.25, 0.3) is 0 Å². The monoisotopic (exact) mass is 284 g/mol. The maximum atomic E-state index is 12.0. The number of ketones is 1. The summed E-state index contributed by atoms with van der Waals surface area (Å²) in [5.41, 5.74) is -0.0547. The summed E-state index contributed by atoms with van der Waals surface area (Å²) < 4.78 is -2.94. The molecule has 3 rings (SSSR count). The molecule has 2 atom stereocenters. The van der Waals surface area contributed by atoms with E-state index in [9.17, 15) is 4.79 Å². The number of allylic oxidation sites excluding steroid dienone is 2. The summed E-state index contributed by atoms with van der Waals surface area (Å²) in [5, 5.41) is 0. The maximum absolute atomic E-state index is 12.0. The molecule has 0 aromatic carbocycles. The number of hydrogen-bond acceptors (Lipinski definition) is 1. The van der Waals surface area contributed by atoms with E-state index in [-0.39, 0.29) is 17.3 Å². The highest BCUT2D eigenvalue weighted by Gasteiger charge is 2.74. The van der Waals surface area contributed by atoms with Crippen LogP contribution >= 0.6 is 46.4 Å². The Kier molecular flexibility index (Phi) is 1.92. The van der Waals surface area contributed by atoms with E-state index in [4.69, 9.17) is 46.4 Å². The molecule has 0 saturated heterocycles. The van der Waals surface area contributed by atoms with Gasteiger partial charge in [0.2, 0.25) is 5.78 Å². The third-order valence-electron chi connectivity index (χ3n) is 3.95. The molecule has 0 amide bonds. The number of Topliss-reactive ketones (excluding diaryl/α,β-unsaturated/α-hetero) is 1. The van der Waals surface area contributed by atoms with Gasteiger partial charge in [0.15, 0.2) is 8.67 Å². The summed E-state index contributed by atoms with van der Waals surface area (Å²) in [6, 6.07) is 0. The molecule has 2 saturated carbocycles. The van der Waals surface area contributed by atoms with Crippen molar-refractivity contribution in [2.75, 3.05) is 0 Å². The van der Waals surface area contributed by atoms with Crippen molar-refractivity contribution in [2.24, 2.45) is 17.3 Å². The molecule has 1 spiro atoms. The number of alkyl halides is 4. The zero-order chi connectivity index (χ0) is 11.1. The van der Waals surface area contributed by atoms with Crippen LogP contribution in [0, 0.1) is 17.3 Å². The van der Waals surface area contributed by atoms with E-state index in [1.54, 1.807) is 0 Å². The smallest absolute Gasteiger partial charge is 0.205 e. The van der Waals surface area contributed by atoms with E-state index in [2.05, 4.69) is 0 Å². The minimum absolute atomic E-state index is 0.0547. The lowest BCUT2D eigenvalue weighted by Gasteiger charge is -2.44. The summed E-state index contributed by atoms with van der Waals surface area (Å²) in [5.74, 6) is -0.730. The zero-order valence-corrected chi connectivity index (χ0v) is 10.7. The van der Waals surface area contributed by atoms with Crippen molar-refractivity contribution in [3.05, 3.63) is 12.2 Å². The molecule has 15 heavy (non-hydrogen) atoms. The van der Waals surface area contributed by atoms with Gasteiger partial charge < -0.3 is 0 Å². The van der Waals surface area contributed by atoms with Gasteiger partial charge in [-0.2, -0.15) is 0 Å². The molecule has 0 aliphatic heterocycles. The van der Waals surface area contributed by atoms with Crippen molar-refractivity contribution < 1.29 is 4.79 Å². The Morgan fingerprint density at radius 2 is 1.40 bits per heavy atom. The van der Waals surface area contributed by atoms with Crippen molar-refractivity contribution >= 4 is 52.2 Å². The first-order valence-electron chi connectivity index (χ1n) is 4.82. The van der Waals surface area contributed by atoms with Gasteiger partial charge in [-0.15, -0.1) is 0 Å². The molecule has 5 heteroatoms. The first-order chi connectivity index (χ1) is 6.83. The van der Waals surface area contributed by atoms with Crippen molar-refractivity contribution in [3.8, 4) is 0 Å². The Labute approximate surface area is 108 Å². The fourth-order valence-electron chi connectivity index (χ4n) is 3.03. The Hall–Kier alpha value is 0.570. The fraction of sp³-hybridized carbons (Fsp3) is 0.700. The van der Waals surface area contributed by atoms with E-state index in [0.29, 0.717) is 0 Å². The van der Waals surface area contributed by atoms with Gasteiger partial charge in [-0.25, -0.2) is 0 Å². The summed E-state index contributed by atoms with van der Waals surface area (Å²) >= 11 is 24.5. The lowest BCUT2D eigenvalue weighted by Crippen LogP contribution is -2.56. The van der Waals surface area contributed by atoms with Crippen molar-refractivity contribution in [1.82, 2.24) is 0 Å². The van der Waals surface area contributed by atoms with Crippen LogP contribution in [-0.4, -0.2) is 14.4 Å². The lowest BCUT2D eigenvalue weighted by molar-refractivity contribution is -0.125. The summed E-state index contributed by atoms with van der Waals surface area (Å²) in [6.45, 7) is 0. The second-order valence-corrected chi connectivity index (χ2v) is 7.42. The van der Waals surface area contributed by atoms with E-state index in [1.165, 1.54) is 0 Å². The van der Waals surface area contributed by atoms with Gasteiger partial charge in [-0.05, 0) is 18.3 Å². The largest absolute Gasteiger partial charge is 0.293 e. The molecule has 0 unspecified atom stereocenters. The van der Waals surface area contributed by atoms with Crippen molar-refractivity contribution in [1.29, 1.82) is 0 Å². The van der Waals surface area contributed by atoms with E-state index < -0.39 is 14.4 Å². The predicted molar refractivity (Wildman–Crippen MR) is 61.7 cm³/mol. The van der Waals surface area contributed by atoms with Crippen LogP contribution in [0.3, 0.4) is 0 Å². The molecule has 3 aliphatic rings. The van der Waals surface area contributed by atoms with E-state index in [0.717, 1.165) is 12.8 Å². The Morgan fingerprint density at radius 3 is 1.73 bits per heavy atom. The van der Waals surface area contributed by atoms with Crippen LogP contribution in [0.4, 0.5) is 0 Å². The van der Waals surface area contributed by atoms with Gasteiger partial charge >= 0.3 is 0 Å².